The van der Waals surface area contributed by atoms with Crippen molar-refractivity contribution in [2.24, 2.45) is 5.92 Å². The SMILES string of the molecule is O=C1CSc2ccc(C(=O)NC[C@H]3CCOC3)cc2N1. The predicted octanol–water partition coefficient (Wildman–Crippen LogP) is 1.50. The Bertz CT molecular complexity index is 541. The van der Waals surface area contributed by atoms with Gasteiger partial charge in [0.1, 0.15) is 0 Å². The smallest absolute Gasteiger partial charge is 0.251 e. The topological polar surface area (TPSA) is 67.4 Å². The molecule has 2 amide bonds. The molecule has 2 heterocycles. The molecule has 2 aliphatic heterocycles. The Morgan fingerprint density at radius 2 is 2.40 bits per heavy atom. The fourth-order valence-corrected chi connectivity index (χ4v) is 3.10. The van der Waals surface area contributed by atoms with Crippen molar-refractivity contribution >= 4 is 29.3 Å². The van der Waals surface area contributed by atoms with Crippen molar-refractivity contribution < 1.29 is 14.3 Å². The molecule has 2 aliphatic rings. The second kappa shape index (κ2) is 5.85. The molecule has 1 atom stereocenters. The summed E-state index contributed by atoms with van der Waals surface area (Å²) in [5.41, 5.74) is 1.30. The summed E-state index contributed by atoms with van der Waals surface area (Å²) in [6.45, 7) is 2.14. The minimum absolute atomic E-state index is 0.0248. The summed E-state index contributed by atoms with van der Waals surface area (Å²) >= 11 is 1.49. The summed E-state index contributed by atoms with van der Waals surface area (Å²) in [7, 11) is 0. The van der Waals surface area contributed by atoms with E-state index < -0.39 is 0 Å². The fraction of sp³-hybridized carbons (Fsp3) is 0.429. The zero-order valence-electron chi connectivity index (χ0n) is 11.0. The average molecular weight is 292 g/mol. The lowest BCUT2D eigenvalue weighted by atomic mass is 10.1. The van der Waals surface area contributed by atoms with Crippen molar-refractivity contribution in [2.75, 3.05) is 30.8 Å². The molecule has 1 fully saturated rings. The van der Waals surface area contributed by atoms with E-state index in [0.717, 1.165) is 30.2 Å². The predicted molar refractivity (Wildman–Crippen MR) is 77.1 cm³/mol. The highest BCUT2D eigenvalue weighted by Gasteiger charge is 2.19. The Morgan fingerprint density at radius 3 is 3.20 bits per heavy atom. The van der Waals surface area contributed by atoms with Crippen LogP contribution in [0.4, 0.5) is 5.69 Å². The number of carbonyl (C=O) groups is 2. The lowest BCUT2D eigenvalue weighted by Crippen LogP contribution is -2.29. The van der Waals surface area contributed by atoms with E-state index in [4.69, 9.17) is 4.74 Å². The van der Waals surface area contributed by atoms with Crippen LogP contribution in [-0.2, 0) is 9.53 Å². The summed E-state index contributed by atoms with van der Waals surface area (Å²) in [4.78, 5) is 24.5. The van der Waals surface area contributed by atoms with Gasteiger partial charge in [0.15, 0.2) is 0 Å². The van der Waals surface area contributed by atoms with E-state index in [1.54, 1.807) is 12.1 Å². The number of fused-ring (bicyclic) bond motifs is 1. The van der Waals surface area contributed by atoms with Crippen LogP contribution in [-0.4, -0.2) is 37.3 Å². The van der Waals surface area contributed by atoms with E-state index in [0.29, 0.717) is 23.8 Å². The van der Waals surface area contributed by atoms with E-state index >= 15 is 0 Å². The molecule has 5 nitrogen and oxygen atoms in total. The number of thioether (sulfide) groups is 1. The number of anilines is 1. The molecular weight excluding hydrogens is 276 g/mol. The van der Waals surface area contributed by atoms with Crippen LogP contribution in [0.5, 0.6) is 0 Å². The molecule has 6 heteroatoms. The summed E-state index contributed by atoms with van der Waals surface area (Å²) in [5, 5.41) is 5.71. The third kappa shape index (κ3) is 2.96. The number of ether oxygens (including phenoxy) is 1. The Morgan fingerprint density at radius 1 is 1.50 bits per heavy atom. The van der Waals surface area contributed by atoms with Crippen LogP contribution in [0, 0.1) is 5.92 Å². The highest BCUT2D eigenvalue weighted by molar-refractivity contribution is 8.00. The van der Waals surface area contributed by atoms with Gasteiger partial charge in [0.05, 0.1) is 18.0 Å². The van der Waals surface area contributed by atoms with Gasteiger partial charge in [0.2, 0.25) is 5.91 Å². The first-order valence-corrected chi connectivity index (χ1v) is 7.63. The van der Waals surface area contributed by atoms with Gasteiger partial charge in [-0.15, -0.1) is 11.8 Å². The Hall–Kier alpha value is -1.53. The van der Waals surface area contributed by atoms with Crippen molar-refractivity contribution in [3.05, 3.63) is 23.8 Å². The van der Waals surface area contributed by atoms with Crippen LogP contribution in [0.1, 0.15) is 16.8 Å². The quantitative estimate of drug-likeness (QED) is 0.886. The molecule has 1 aromatic carbocycles. The maximum absolute atomic E-state index is 12.1. The van der Waals surface area contributed by atoms with Crippen LogP contribution in [0.15, 0.2) is 23.1 Å². The molecule has 0 spiro atoms. The maximum Gasteiger partial charge on any atom is 0.251 e. The molecule has 0 aromatic heterocycles. The first-order valence-electron chi connectivity index (χ1n) is 6.65. The first-order chi connectivity index (χ1) is 9.72. The molecular formula is C14H16N2O3S. The summed E-state index contributed by atoms with van der Waals surface area (Å²) in [5.74, 6) is 0.708. The van der Waals surface area contributed by atoms with Gasteiger partial charge >= 0.3 is 0 Å². The van der Waals surface area contributed by atoms with Crippen molar-refractivity contribution in [2.45, 2.75) is 11.3 Å². The number of benzene rings is 1. The minimum Gasteiger partial charge on any atom is -0.381 e. The number of hydrogen-bond donors (Lipinski definition) is 2. The van der Waals surface area contributed by atoms with Gasteiger partial charge in [-0.1, -0.05) is 0 Å². The molecule has 3 rings (SSSR count). The lowest BCUT2D eigenvalue weighted by molar-refractivity contribution is -0.113. The largest absolute Gasteiger partial charge is 0.381 e. The molecule has 0 unspecified atom stereocenters. The standard InChI is InChI=1S/C14H16N2O3S/c17-13-8-20-12-2-1-10(5-11(12)16-13)14(18)15-6-9-3-4-19-7-9/h1-2,5,9H,3-4,6-8H2,(H,15,18)(H,16,17)/t9-/m1/s1. The molecule has 0 aliphatic carbocycles. The second-order valence-electron chi connectivity index (χ2n) is 4.99. The third-order valence-electron chi connectivity index (χ3n) is 3.45. The molecule has 0 bridgehead atoms. The first kappa shape index (κ1) is 13.5. The van der Waals surface area contributed by atoms with E-state index in [9.17, 15) is 9.59 Å². The van der Waals surface area contributed by atoms with E-state index in [1.165, 1.54) is 11.8 Å². The van der Waals surface area contributed by atoms with Gasteiger partial charge in [-0.2, -0.15) is 0 Å². The molecule has 106 valence electrons. The second-order valence-corrected chi connectivity index (χ2v) is 6.00. The number of hydrogen-bond acceptors (Lipinski definition) is 4. The highest BCUT2D eigenvalue weighted by atomic mass is 32.2. The van der Waals surface area contributed by atoms with Crippen LogP contribution < -0.4 is 10.6 Å². The van der Waals surface area contributed by atoms with Gasteiger partial charge in [0, 0.05) is 29.5 Å². The van der Waals surface area contributed by atoms with E-state index in [1.807, 2.05) is 6.07 Å². The fourth-order valence-electron chi connectivity index (χ4n) is 2.31. The minimum atomic E-state index is -0.107. The Balaban J connectivity index is 1.65. The van der Waals surface area contributed by atoms with Gasteiger partial charge in [-0.05, 0) is 24.6 Å². The Kier molecular flexibility index (Phi) is 3.93. The molecule has 2 N–H and O–H groups in total. The number of rotatable bonds is 3. The summed E-state index contributed by atoms with van der Waals surface area (Å²) in [6.07, 6.45) is 0.997. The number of nitrogens with one attached hydrogen (secondary N) is 2. The van der Waals surface area contributed by atoms with Crippen LogP contribution in [0.25, 0.3) is 0 Å². The monoisotopic (exact) mass is 292 g/mol. The molecule has 0 radical (unpaired) electrons. The van der Waals surface area contributed by atoms with Crippen LogP contribution in [0.3, 0.4) is 0 Å². The van der Waals surface area contributed by atoms with Crippen molar-refractivity contribution in [1.29, 1.82) is 0 Å². The maximum atomic E-state index is 12.1. The van der Waals surface area contributed by atoms with Crippen LogP contribution >= 0.6 is 11.8 Å². The van der Waals surface area contributed by atoms with Crippen molar-refractivity contribution in [1.82, 2.24) is 5.32 Å². The number of carbonyl (C=O) groups excluding carboxylic acids is 2. The molecule has 1 aromatic rings. The van der Waals surface area contributed by atoms with Gasteiger partial charge in [0.25, 0.3) is 5.91 Å². The van der Waals surface area contributed by atoms with Gasteiger partial charge in [-0.25, -0.2) is 0 Å². The molecule has 20 heavy (non-hydrogen) atoms. The lowest BCUT2D eigenvalue weighted by Gasteiger charge is -2.17. The number of amides is 2. The molecule has 1 saturated heterocycles. The summed E-state index contributed by atoms with van der Waals surface area (Å²) in [6, 6.07) is 5.41. The highest BCUT2D eigenvalue weighted by Crippen LogP contribution is 2.31. The van der Waals surface area contributed by atoms with Gasteiger partial charge < -0.3 is 15.4 Å². The average Bonchev–Trinajstić information content (AvgIpc) is 2.97. The third-order valence-corrected chi connectivity index (χ3v) is 4.52. The van der Waals surface area contributed by atoms with Crippen LogP contribution in [0.2, 0.25) is 0 Å². The Labute approximate surface area is 121 Å². The zero-order valence-corrected chi connectivity index (χ0v) is 11.8. The normalized spacial score (nSPS) is 21.2. The van der Waals surface area contributed by atoms with E-state index in [2.05, 4.69) is 10.6 Å². The van der Waals surface area contributed by atoms with Crippen molar-refractivity contribution in [3.63, 3.8) is 0 Å². The zero-order chi connectivity index (χ0) is 13.9. The van der Waals surface area contributed by atoms with Crippen molar-refractivity contribution in [3.8, 4) is 0 Å². The van der Waals surface area contributed by atoms with Gasteiger partial charge in [-0.3, -0.25) is 9.59 Å². The summed E-state index contributed by atoms with van der Waals surface area (Å²) < 4.78 is 5.28. The molecule has 0 saturated carbocycles. The van der Waals surface area contributed by atoms with E-state index in [-0.39, 0.29) is 11.8 Å².